The maximum Gasteiger partial charge on any atom is 0.343 e. The lowest BCUT2D eigenvalue weighted by Crippen LogP contribution is -2.10. The average Bonchev–Trinajstić information content (AvgIpc) is 3.30. The molecule has 3 aromatic carbocycles. The van der Waals surface area contributed by atoms with Crippen LogP contribution < -0.4 is 29.1 Å². The van der Waals surface area contributed by atoms with Crippen molar-refractivity contribution >= 4 is 16.9 Å². The Bertz CT molecular complexity index is 1420. The molecule has 0 saturated heterocycles. The summed E-state index contributed by atoms with van der Waals surface area (Å²) in [7, 11) is 1.57. The average molecular weight is 446 g/mol. The van der Waals surface area contributed by atoms with Crippen LogP contribution in [0.3, 0.4) is 0 Å². The molecule has 0 atom stereocenters. The normalized spacial score (nSPS) is 11.9. The minimum Gasteiger partial charge on any atom is -0.497 e. The summed E-state index contributed by atoms with van der Waals surface area (Å²) in [4.78, 5) is 25.5. The van der Waals surface area contributed by atoms with Gasteiger partial charge in [0.05, 0.1) is 18.1 Å². The summed E-state index contributed by atoms with van der Waals surface area (Å²) in [6.45, 7) is 1.74. The first-order valence-corrected chi connectivity index (χ1v) is 10.0. The van der Waals surface area contributed by atoms with Crippen molar-refractivity contribution in [2.75, 3.05) is 13.9 Å². The number of benzene rings is 3. The highest BCUT2D eigenvalue weighted by Gasteiger charge is 2.19. The van der Waals surface area contributed by atoms with Crippen molar-refractivity contribution in [2.24, 2.45) is 0 Å². The third-order valence-corrected chi connectivity index (χ3v) is 5.08. The maximum absolute atomic E-state index is 13.0. The van der Waals surface area contributed by atoms with Crippen LogP contribution in [-0.2, 0) is 0 Å². The summed E-state index contributed by atoms with van der Waals surface area (Å²) >= 11 is 0. The van der Waals surface area contributed by atoms with Gasteiger partial charge in [-0.2, -0.15) is 0 Å². The van der Waals surface area contributed by atoms with Crippen LogP contribution in [0.4, 0.5) is 0 Å². The minimum atomic E-state index is -0.578. The molecule has 1 aliphatic heterocycles. The van der Waals surface area contributed by atoms with E-state index in [9.17, 15) is 9.59 Å². The molecule has 4 aromatic rings. The summed E-state index contributed by atoms with van der Waals surface area (Å²) in [6, 6.07) is 16.2. The molecule has 166 valence electrons. The van der Waals surface area contributed by atoms with Gasteiger partial charge in [-0.25, -0.2) is 4.79 Å². The zero-order valence-electron chi connectivity index (χ0n) is 17.7. The van der Waals surface area contributed by atoms with Crippen molar-refractivity contribution in [3.63, 3.8) is 0 Å². The molecule has 0 aliphatic carbocycles. The molecule has 0 radical (unpaired) electrons. The van der Waals surface area contributed by atoms with Crippen LogP contribution in [-0.4, -0.2) is 19.9 Å². The molecule has 0 amide bonds. The number of hydrogen-bond donors (Lipinski definition) is 0. The molecule has 0 saturated carbocycles. The third-order valence-electron chi connectivity index (χ3n) is 5.08. The first kappa shape index (κ1) is 20.4. The van der Waals surface area contributed by atoms with E-state index in [0.717, 1.165) is 0 Å². The molecule has 0 N–H and O–H groups in total. The number of ether oxygens (including phenoxy) is 5. The Balaban J connectivity index is 1.40. The maximum atomic E-state index is 13.0. The number of esters is 1. The molecular weight excluding hydrogens is 428 g/mol. The van der Waals surface area contributed by atoms with E-state index in [1.807, 2.05) is 0 Å². The lowest BCUT2D eigenvalue weighted by Gasteiger charge is -2.10. The van der Waals surface area contributed by atoms with Gasteiger partial charge in [-0.1, -0.05) is 0 Å². The second kappa shape index (κ2) is 8.23. The number of carbonyl (C=O) groups is 1. The molecule has 8 nitrogen and oxygen atoms in total. The number of rotatable bonds is 5. The summed E-state index contributed by atoms with van der Waals surface area (Å²) in [6.07, 6.45) is 0. The fourth-order valence-electron chi connectivity index (χ4n) is 3.40. The number of fused-ring (bicyclic) bond motifs is 2. The fourth-order valence-corrected chi connectivity index (χ4v) is 3.40. The summed E-state index contributed by atoms with van der Waals surface area (Å²) in [5, 5.41) is 0.298. The molecule has 0 spiro atoms. The SMILES string of the molecule is COc1ccc(Oc2c(C)oc3cc(OC(=O)c4ccc5c(c4)OCO5)ccc3c2=O)cc1. The highest BCUT2D eigenvalue weighted by Crippen LogP contribution is 2.33. The molecule has 33 heavy (non-hydrogen) atoms. The Morgan fingerprint density at radius 2 is 1.61 bits per heavy atom. The van der Waals surface area contributed by atoms with E-state index in [1.54, 1.807) is 56.5 Å². The lowest BCUT2D eigenvalue weighted by atomic mass is 10.2. The van der Waals surface area contributed by atoms with Gasteiger partial charge >= 0.3 is 5.97 Å². The topological polar surface area (TPSA) is 93.4 Å². The van der Waals surface area contributed by atoms with Crippen LogP contribution >= 0.6 is 0 Å². The largest absolute Gasteiger partial charge is 0.497 e. The Kier molecular flexibility index (Phi) is 5.10. The lowest BCUT2D eigenvalue weighted by molar-refractivity contribution is 0.0734. The third kappa shape index (κ3) is 3.94. The van der Waals surface area contributed by atoms with Crippen molar-refractivity contribution in [3.8, 4) is 34.5 Å². The van der Waals surface area contributed by atoms with Crippen molar-refractivity contribution < 1.29 is 32.9 Å². The van der Waals surface area contributed by atoms with Gasteiger partial charge in [0.2, 0.25) is 18.0 Å². The van der Waals surface area contributed by atoms with E-state index in [4.69, 9.17) is 28.1 Å². The zero-order chi connectivity index (χ0) is 22.9. The van der Waals surface area contributed by atoms with Gasteiger partial charge < -0.3 is 28.1 Å². The Morgan fingerprint density at radius 1 is 0.879 bits per heavy atom. The molecule has 8 heteroatoms. The van der Waals surface area contributed by atoms with Crippen LogP contribution in [0.25, 0.3) is 11.0 Å². The smallest absolute Gasteiger partial charge is 0.343 e. The molecular formula is C25H18O8. The first-order chi connectivity index (χ1) is 16.0. The first-order valence-electron chi connectivity index (χ1n) is 10.0. The molecule has 1 aliphatic rings. The molecule has 0 unspecified atom stereocenters. The summed E-state index contributed by atoms with van der Waals surface area (Å²) in [5.41, 5.74) is 0.244. The fraction of sp³-hybridized carbons (Fsp3) is 0.120. The van der Waals surface area contributed by atoms with Gasteiger partial charge in [0.1, 0.15) is 28.6 Å². The zero-order valence-corrected chi connectivity index (χ0v) is 17.7. The van der Waals surface area contributed by atoms with Crippen LogP contribution in [0.15, 0.2) is 69.9 Å². The molecule has 1 aromatic heterocycles. The molecule has 0 fully saturated rings. The van der Waals surface area contributed by atoms with E-state index in [1.165, 1.54) is 18.2 Å². The summed E-state index contributed by atoms with van der Waals surface area (Å²) < 4.78 is 32.7. The second-order valence-corrected chi connectivity index (χ2v) is 7.21. The van der Waals surface area contributed by atoms with Crippen LogP contribution in [0.2, 0.25) is 0 Å². The predicted molar refractivity (Wildman–Crippen MR) is 118 cm³/mol. The van der Waals surface area contributed by atoms with Crippen molar-refractivity contribution in [3.05, 3.63) is 82.2 Å². The minimum absolute atomic E-state index is 0.0813. The molecule has 5 rings (SSSR count). The van der Waals surface area contributed by atoms with Crippen molar-refractivity contribution in [1.82, 2.24) is 0 Å². The molecule has 0 bridgehead atoms. The van der Waals surface area contributed by atoms with Gasteiger partial charge in [0.25, 0.3) is 0 Å². The monoisotopic (exact) mass is 446 g/mol. The number of methoxy groups -OCH3 is 1. The van der Waals surface area contributed by atoms with Gasteiger partial charge in [0, 0.05) is 6.07 Å². The van der Waals surface area contributed by atoms with E-state index < -0.39 is 5.97 Å². The van der Waals surface area contributed by atoms with E-state index in [0.29, 0.717) is 39.7 Å². The quantitative estimate of drug-likeness (QED) is 0.317. The Morgan fingerprint density at radius 3 is 2.39 bits per heavy atom. The van der Waals surface area contributed by atoms with Crippen LogP contribution in [0, 0.1) is 6.92 Å². The van der Waals surface area contributed by atoms with Gasteiger partial charge in [-0.15, -0.1) is 0 Å². The number of carbonyl (C=O) groups excluding carboxylic acids is 1. The summed E-state index contributed by atoms with van der Waals surface area (Å²) in [5.74, 6) is 2.23. The Labute approximate surface area is 187 Å². The predicted octanol–water partition coefficient (Wildman–Crippen LogP) is 4.85. The van der Waals surface area contributed by atoms with Crippen LogP contribution in [0.5, 0.6) is 34.5 Å². The van der Waals surface area contributed by atoms with Gasteiger partial charge in [-0.3, -0.25) is 4.79 Å². The Hall–Kier alpha value is -4.46. The van der Waals surface area contributed by atoms with E-state index >= 15 is 0 Å². The van der Waals surface area contributed by atoms with Gasteiger partial charge in [-0.05, 0) is 61.5 Å². The van der Waals surface area contributed by atoms with Gasteiger partial charge in [0.15, 0.2) is 11.5 Å². The van der Waals surface area contributed by atoms with Crippen molar-refractivity contribution in [1.29, 1.82) is 0 Å². The van der Waals surface area contributed by atoms with E-state index in [2.05, 4.69) is 0 Å². The highest BCUT2D eigenvalue weighted by molar-refractivity contribution is 5.92. The molecule has 2 heterocycles. The standard InChI is InChI=1S/C25H18O8/c1-14-24(32-17-6-4-16(28-2)5-7-17)23(26)19-9-8-18(12-21(19)31-14)33-25(27)15-3-10-20-22(11-15)30-13-29-20/h3-12H,13H2,1-2H3. The van der Waals surface area contributed by atoms with E-state index in [-0.39, 0.29) is 29.3 Å². The second-order valence-electron chi connectivity index (χ2n) is 7.21. The highest BCUT2D eigenvalue weighted by atomic mass is 16.7. The van der Waals surface area contributed by atoms with Crippen molar-refractivity contribution in [2.45, 2.75) is 6.92 Å². The number of aryl methyl sites for hydroxylation is 1. The van der Waals surface area contributed by atoms with Crippen LogP contribution in [0.1, 0.15) is 16.1 Å². The number of hydrogen-bond acceptors (Lipinski definition) is 8.